The number of benzene rings is 1. The van der Waals surface area contributed by atoms with Gasteiger partial charge in [0, 0.05) is 22.7 Å². The molecule has 2 fully saturated rings. The molecule has 1 aromatic rings. The van der Waals surface area contributed by atoms with Crippen LogP contribution >= 0.6 is 15.9 Å². The summed E-state index contributed by atoms with van der Waals surface area (Å²) in [5.74, 6) is -0.102. The van der Waals surface area contributed by atoms with Crippen molar-refractivity contribution in [1.82, 2.24) is 4.90 Å². The minimum atomic E-state index is -0.828. The quantitative estimate of drug-likeness (QED) is 0.777. The summed E-state index contributed by atoms with van der Waals surface area (Å²) >= 11 is 3.46. The van der Waals surface area contributed by atoms with Gasteiger partial charge in [0.15, 0.2) is 0 Å². The third-order valence-electron chi connectivity index (χ3n) is 5.37. The molecule has 24 heavy (non-hydrogen) atoms. The topological polar surface area (TPSA) is 49.4 Å². The summed E-state index contributed by atoms with van der Waals surface area (Å²) in [6.07, 6.45) is 5.59. The van der Waals surface area contributed by atoms with Gasteiger partial charge in [-0.1, -0.05) is 22.9 Å². The molecule has 1 atom stereocenters. The molecule has 0 spiro atoms. The fourth-order valence-corrected chi connectivity index (χ4v) is 3.85. The van der Waals surface area contributed by atoms with Gasteiger partial charge < -0.3 is 10.2 Å². The molecule has 1 aliphatic heterocycles. The van der Waals surface area contributed by atoms with E-state index in [1.807, 2.05) is 30.0 Å². The van der Waals surface area contributed by atoms with Gasteiger partial charge in [0.2, 0.25) is 11.8 Å². The largest absolute Gasteiger partial charge is 0.339 e. The van der Waals surface area contributed by atoms with E-state index in [-0.39, 0.29) is 11.8 Å². The van der Waals surface area contributed by atoms with Gasteiger partial charge in [0.05, 0.1) is 0 Å². The van der Waals surface area contributed by atoms with Crippen LogP contribution < -0.4 is 5.32 Å². The number of rotatable bonds is 4. The number of carbonyl (C=O) groups is 2. The van der Waals surface area contributed by atoms with Crippen molar-refractivity contribution >= 4 is 33.4 Å². The van der Waals surface area contributed by atoms with Crippen molar-refractivity contribution in [3.05, 3.63) is 28.2 Å². The van der Waals surface area contributed by atoms with E-state index < -0.39 is 5.41 Å². The van der Waals surface area contributed by atoms with Gasteiger partial charge in [-0.3, -0.25) is 9.59 Å². The highest BCUT2D eigenvalue weighted by molar-refractivity contribution is 9.10. The third kappa shape index (κ3) is 3.23. The molecule has 1 heterocycles. The second-order valence-corrected chi connectivity index (χ2v) is 7.91. The highest BCUT2D eigenvalue weighted by Gasteiger charge is 2.58. The van der Waals surface area contributed by atoms with E-state index in [2.05, 4.69) is 28.2 Å². The maximum absolute atomic E-state index is 13.1. The summed E-state index contributed by atoms with van der Waals surface area (Å²) in [5.41, 5.74) is 0.989. The maximum Gasteiger partial charge on any atom is 0.240 e. The van der Waals surface area contributed by atoms with Crippen LogP contribution in [0.15, 0.2) is 22.7 Å². The summed E-state index contributed by atoms with van der Waals surface area (Å²) in [5, 5.41) is 2.96. The number of amides is 2. The first-order valence-electron chi connectivity index (χ1n) is 8.86. The number of hydrogen-bond acceptors (Lipinski definition) is 2. The van der Waals surface area contributed by atoms with Crippen LogP contribution in [0.5, 0.6) is 0 Å². The Morgan fingerprint density at radius 3 is 2.71 bits per heavy atom. The van der Waals surface area contributed by atoms with E-state index in [1.165, 1.54) is 6.42 Å². The molecule has 2 amide bonds. The van der Waals surface area contributed by atoms with Crippen LogP contribution in [0, 0.1) is 12.3 Å². The summed E-state index contributed by atoms with van der Waals surface area (Å²) in [6.45, 7) is 4.90. The Bertz CT molecular complexity index is 655. The summed E-state index contributed by atoms with van der Waals surface area (Å²) in [7, 11) is 0. The minimum absolute atomic E-state index is 0.0420. The van der Waals surface area contributed by atoms with E-state index in [0.717, 1.165) is 41.5 Å². The molecule has 1 aliphatic carbocycles. The van der Waals surface area contributed by atoms with Gasteiger partial charge in [0.1, 0.15) is 5.41 Å². The zero-order chi connectivity index (χ0) is 17.3. The zero-order valence-electron chi connectivity index (χ0n) is 14.4. The molecule has 1 saturated heterocycles. The Balaban J connectivity index is 1.73. The standard InChI is InChI=1S/C19H25BrN2O2/c1-3-15-6-4-5-11-22(15)18(24)19(9-10-19)17(23)21-14-7-8-16(20)13(2)12-14/h7-8,12,15H,3-6,9-11H2,1-2H3,(H,21,23). The van der Waals surface area contributed by atoms with E-state index in [1.54, 1.807) is 0 Å². The third-order valence-corrected chi connectivity index (χ3v) is 6.26. The molecule has 3 rings (SSSR count). The number of piperidine rings is 1. The van der Waals surface area contributed by atoms with Crippen LogP contribution in [0.1, 0.15) is 51.0 Å². The summed E-state index contributed by atoms with van der Waals surface area (Å²) in [6, 6.07) is 6.01. The highest BCUT2D eigenvalue weighted by atomic mass is 79.9. The molecule has 4 nitrogen and oxygen atoms in total. The molecule has 0 bridgehead atoms. The van der Waals surface area contributed by atoms with Crippen molar-refractivity contribution in [3.63, 3.8) is 0 Å². The lowest BCUT2D eigenvalue weighted by Crippen LogP contribution is -2.49. The smallest absolute Gasteiger partial charge is 0.240 e. The fourth-order valence-electron chi connectivity index (χ4n) is 3.60. The van der Waals surface area contributed by atoms with Crippen molar-refractivity contribution < 1.29 is 9.59 Å². The van der Waals surface area contributed by atoms with Crippen molar-refractivity contribution in [3.8, 4) is 0 Å². The van der Waals surface area contributed by atoms with Crippen LogP contribution in [0.4, 0.5) is 5.69 Å². The Morgan fingerprint density at radius 1 is 1.33 bits per heavy atom. The molecule has 1 saturated carbocycles. The molecule has 1 aromatic carbocycles. The van der Waals surface area contributed by atoms with Gasteiger partial charge in [-0.15, -0.1) is 0 Å². The first kappa shape index (κ1) is 17.5. The van der Waals surface area contributed by atoms with Gasteiger partial charge in [-0.25, -0.2) is 0 Å². The predicted molar refractivity (Wildman–Crippen MR) is 98.8 cm³/mol. The zero-order valence-corrected chi connectivity index (χ0v) is 16.0. The second kappa shape index (κ2) is 6.87. The fraction of sp³-hybridized carbons (Fsp3) is 0.579. The summed E-state index contributed by atoms with van der Waals surface area (Å²) < 4.78 is 1.01. The van der Waals surface area contributed by atoms with Gasteiger partial charge in [-0.2, -0.15) is 0 Å². The van der Waals surface area contributed by atoms with Crippen LogP contribution in [-0.2, 0) is 9.59 Å². The van der Waals surface area contributed by atoms with Gasteiger partial charge in [0.25, 0.3) is 0 Å². The maximum atomic E-state index is 13.1. The lowest BCUT2D eigenvalue weighted by molar-refractivity contribution is -0.145. The summed E-state index contributed by atoms with van der Waals surface area (Å²) in [4.78, 5) is 27.8. The number of aryl methyl sites for hydroxylation is 1. The Labute approximate surface area is 152 Å². The lowest BCUT2D eigenvalue weighted by Gasteiger charge is -2.37. The Hall–Kier alpha value is -1.36. The average Bonchev–Trinajstić information content (AvgIpc) is 3.39. The monoisotopic (exact) mass is 392 g/mol. The van der Waals surface area contributed by atoms with Gasteiger partial charge >= 0.3 is 0 Å². The highest BCUT2D eigenvalue weighted by Crippen LogP contribution is 2.49. The first-order chi connectivity index (χ1) is 11.5. The first-order valence-corrected chi connectivity index (χ1v) is 9.66. The van der Waals surface area contributed by atoms with E-state index in [9.17, 15) is 9.59 Å². The van der Waals surface area contributed by atoms with E-state index in [0.29, 0.717) is 18.9 Å². The van der Waals surface area contributed by atoms with Gasteiger partial charge in [-0.05, 0) is 69.2 Å². The molecular weight excluding hydrogens is 368 g/mol. The molecule has 130 valence electrons. The predicted octanol–water partition coefficient (Wildman–Crippen LogP) is 4.27. The normalized spacial score (nSPS) is 22.1. The molecule has 0 radical (unpaired) electrons. The van der Waals surface area contributed by atoms with Crippen molar-refractivity contribution in [2.75, 3.05) is 11.9 Å². The Kier molecular flexibility index (Phi) is 5.00. The molecule has 2 aliphatic rings. The van der Waals surface area contributed by atoms with Crippen LogP contribution in [-0.4, -0.2) is 29.3 Å². The number of hydrogen-bond donors (Lipinski definition) is 1. The molecule has 1 N–H and O–H groups in total. The average molecular weight is 393 g/mol. The van der Waals surface area contributed by atoms with E-state index >= 15 is 0 Å². The van der Waals surface area contributed by atoms with Crippen LogP contribution in [0.2, 0.25) is 0 Å². The lowest BCUT2D eigenvalue weighted by atomic mass is 9.95. The molecule has 5 heteroatoms. The Morgan fingerprint density at radius 2 is 2.08 bits per heavy atom. The number of nitrogens with zero attached hydrogens (tertiary/aromatic N) is 1. The number of nitrogens with one attached hydrogen (secondary N) is 1. The second-order valence-electron chi connectivity index (χ2n) is 7.06. The van der Waals surface area contributed by atoms with Crippen LogP contribution in [0.25, 0.3) is 0 Å². The van der Waals surface area contributed by atoms with Crippen LogP contribution in [0.3, 0.4) is 0 Å². The SMILES string of the molecule is CCC1CCCCN1C(=O)C1(C(=O)Nc2ccc(Br)c(C)c2)CC1. The number of anilines is 1. The number of likely N-dealkylation sites (tertiary alicyclic amines) is 1. The van der Waals surface area contributed by atoms with Crippen molar-refractivity contribution in [2.24, 2.45) is 5.41 Å². The number of carbonyl (C=O) groups excluding carboxylic acids is 2. The van der Waals surface area contributed by atoms with E-state index in [4.69, 9.17) is 0 Å². The molecule has 0 aromatic heterocycles. The number of halogens is 1. The molecular formula is C19H25BrN2O2. The molecule has 1 unspecified atom stereocenters. The van der Waals surface area contributed by atoms with Crippen molar-refractivity contribution in [2.45, 2.75) is 58.4 Å². The van der Waals surface area contributed by atoms with Crippen molar-refractivity contribution in [1.29, 1.82) is 0 Å². The minimum Gasteiger partial charge on any atom is -0.339 e.